The highest BCUT2D eigenvalue weighted by atomic mass is 16.2. The highest BCUT2D eigenvalue weighted by molar-refractivity contribution is 5.80. The Kier molecular flexibility index (Phi) is 4.61. The lowest BCUT2D eigenvalue weighted by Crippen LogP contribution is -2.51. The van der Waals surface area contributed by atoms with Crippen LogP contribution in [0, 0.1) is 17.2 Å². The lowest BCUT2D eigenvalue weighted by Gasteiger charge is -2.31. The van der Waals surface area contributed by atoms with Crippen LogP contribution < -0.4 is 11.1 Å². The van der Waals surface area contributed by atoms with Crippen LogP contribution in [0.5, 0.6) is 0 Å². The molecule has 0 aromatic carbocycles. The second-order valence-electron chi connectivity index (χ2n) is 5.93. The van der Waals surface area contributed by atoms with Gasteiger partial charge in [-0.3, -0.25) is 14.5 Å². The normalized spacial score (nSPS) is 25.9. The van der Waals surface area contributed by atoms with Crippen molar-refractivity contribution in [2.75, 3.05) is 19.6 Å². The van der Waals surface area contributed by atoms with E-state index in [2.05, 4.69) is 11.4 Å². The van der Waals surface area contributed by atoms with Crippen LogP contribution in [0.3, 0.4) is 0 Å². The first kappa shape index (κ1) is 14.8. The summed E-state index contributed by atoms with van der Waals surface area (Å²) < 4.78 is 0. The second kappa shape index (κ2) is 6.23. The highest BCUT2D eigenvalue weighted by Crippen LogP contribution is 2.28. The van der Waals surface area contributed by atoms with Crippen molar-refractivity contribution in [2.45, 2.75) is 44.1 Å². The van der Waals surface area contributed by atoms with Crippen molar-refractivity contribution in [3.63, 3.8) is 0 Å². The molecule has 2 fully saturated rings. The monoisotopic (exact) mass is 278 g/mol. The molecular formula is C14H22N4O2. The van der Waals surface area contributed by atoms with Gasteiger partial charge < -0.3 is 11.1 Å². The largest absolute Gasteiger partial charge is 0.369 e. The van der Waals surface area contributed by atoms with E-state index in [1.165, 1.54) is 0 Å². The zero-order valence-corrected chi connectivity index (χ0v) is 11.7. The summed E-state index contributed by atoms with van der Waals surface area (Å²) in [5.41, 5.74) is 4.65. The topological polar surface area (TPSA) is 99.2 Å². The number of primary amides is 1. The molecular weight excluding hydrogens is 256 g/mol. The first-order valence-corrected chi connectivity index (χ1v) is 7.29. The quantitative estimate of drug-likeness (QED) is 0.763. The SMILES string of the molecule is N#CC1(NC(=O)CN2CCC[C@@H](C(N)=O)C2)CCCC1. The molecule has 2 rings (SSSR count). The lowest BCUT2D eigenvalue weighted by molar-refractivity contribution is -0.127. The molecule has 110 valence electrons. The minimum Gasteiger partial charge on any atom is -0.369 e. The predicted octanol–water partition coefficient (Wildman–Crippen LogP) is 0.136. The van der Waals surface area contributed by atoms with Gasteiger partial charge in [0, 0.05) is 6.54 Å². The van der Waals surface area contributed by atoms with Crippen LogP contribution in [0.15, 0.2) is 0 Å². The molecule has 1 aliphatic heterocycles. The first-order chi connectivity index (χ1) is 9.54. The van der Waals surface area contributed by atoms with E-state index in [4.69, 9.17) is 5.73 Å². The Hall–Kier alpha value is -1.61. The third kappa shape index (κ3) is 3.48. The van der Waals surface area contributed by atoms with Crippen molar-refractivity contribution in [3.05, 3.63) is 0 Å². The zero-order chi connectivity index (χ0) is 14.6. The number of hydrogen-bond acceptors (Lipinski definition) is 4. The fourth-order valence-electron chi connectivity index (χ4n) is 3.18. The average molecular weight is 278 g/mol. The van der Waals surface area contributed by atoms with Crippen LogP contribution in [-0.4, -0.2) is 41.9 Å². The summed E-state index contributed by atoms with van der Waals surface area (Å²) in [5, 5.41) is 12.1. The van der Waals surface area contributed by atoms with Crippen LogP contribution in [0.4, 0.5) is 0 Å². The molecule has 0 spiro atoms. The van der Waals surface area contributed by atoms with Crippen molar-refractivity contribution >= 4 is 11.8 Å². The summed E-state index contributed by atoms with van der Waals surface area (Å²) in [6.45, 7) is 1.59. The van der Waals surface area contributed by atoms with Gasteiger partial charge in [0.15, 0.2) is 0 Å². The number of carbonyl (C=O) groups excluding carboxylic acids is 2. The van der Waals surface area contributed by atoms with Gasteiger partial charge in [-0.25, -0.2) is 0 Å². The van der Waals surface area contributed by atoms with Crippen molar-refractivity contribution in [1.29, 1.82) is 5.26 Å². The third-order valence-electron chi connectivity index (χ3n) is 4.32. The maximum Gasteiger partial charge on any atom is 0.235 e. The molecule has 0 unspecified atom stereocenters. The third-order valence-corrected chi connectivity index (χ3v) is 4.32. The van der Waals surface area contributed by atoms with Gasteiger partial charge in [0.05, 0.1) is 18.5 Å². The van der Waals surface area contributed by atoms with Crippen LogP contribution >= 0.6 is 0 Å². The van der Waals surface area contributed by atoms with Crippen molar-refractivity contribution < 1.29 is 9.59 Å². The van der Waals surface area contributed by atoms with Gasteiger partial charge in [-0.05, 0) is 45.1 Å². The fourth-order valence-corrected chi connectivity index (χ4v) is 3.18. The van der Waals surface area contributed by atoms with Crippen LogP contribution in [0.1, 0.15) is 38.5 Å². The van der Waals surface area contributed by atoms with Gasteiger partial charge in [-0.15, -0.1) is 0 Å². The predicted molar refractivity (Wildman–Crippen MR) is 73.3 cm³/mol. The van der Waals surface area contributed by atoms with E-state index in [9.17, 15) is 14.9 Å². The molecule has 1 saturated heterocycles. The maximum atomic E-state index is 12.1. The van der Waals surface area contributed by atoms with E-state index < -0.39 is 5.54 Å². The molecule has 6 nitrogen and oxygen atoms in total. The van der Waals surface area contributed by atoms with Crippen molar-refractivity contribution in [3.8, 4) is 6.07 Å². The lowest BCUT2D eigenvalue weighted by atomic mass is 9.97. The van der Waals surface area contributed by atoms with Crippen LogP contribution in [0.2, 0.25) is 0 Å². The number of rotatable bonds is 4. The van der Waals surface area contributed by atoms with Gasteiger partial charge in [0.25, 0.3) is 0 Å². The molecule has 2 amide bonds. The van der Waals surface area contributed by atoms with Gasteiger partial charge in [0.1, 0.15) is 5.54 Å². The van der Waals surface area contributed by atoms with Crippen LogP contribution in [0.25, 0.3) is 0 Å². The Labute approximate surface area is 119 Å². The molecule has 20 heavy (non-hydrogen) atoms. The molecule has 2 aliphatic rings. The minimum absolute atomic E-state index is 0.126. The molecule has 6 heteroatoms. The van der Waals surface area contributed by atoms with Crippen molar-refractivity contribution in [1.82, 2.24) is 10.2 Å². The van der Waals surface area contributed by atoms with Gasteiger partial charge in [-0.2, -0.15) is 5.26 Å². The van der Waals surface area contributed by atoms with Crippen LogP contribution in [-0.2, 0) is 9.59 Å². The summed E-state index contributed by atoms with van der Waals surface area (Å²) in [6.07, 6.45) is 5.13. The molecule has 1 heterocycles. The van der Waals surface area contributed by atoms with E-state index in [-0.39, 0.29) is 24.3 Å². The van der Waals surface area contributed by atoms with Gasteiger partial charge in [0.2, 0.25) is 11.8 Å². The Morgan fingerprint density at radius 1 is 1.35 bits per heavy atom. The van der Waals surface area contributed by atoms with E-state index >= 15 is 0 Å². The number of amides is 2. The fraction of sp³-hybridized carbons (Fsp3) is 0.786. The number of nitriles is 1. The van der Waals surface area contributed by atoms with Crippen molar-refractivity contribution in [2.24, 2.45) is 11.7 Å². The van der Waals surface area contributed by atoms with E-state index in [1.54, 1.807) is 0 Å². The van der Waals surface area contributed by atoms with Gasteiger partial charge >= 0.3 is 0 Å². The number of likely N-dealkylation sites (tertiary alicyclic amines) is 1. The number of piperidine rings is 1. The highest BCUT2D eigenvalue weighted by Gasteiger charge is 2.36. The Morgan fingerprint density at radius 2 is 2.05 bits per heavy atom. The Balaban J connectivity index is 1.85. The number of nitrogens with zero attached hydrogens (tertiary/aromatic N) is 2. The first-order valence-electron chi connectivity index (χ1n) is 7.29. The summed E-state index contributed by atoms with van der Waals surface area (Å²) in [6, 6.07) is 2.25. The van der Waals surface area contributed by atoms with E-state index in [0.717, 1.165) is 45.1 Å². The minimum atomic E-state index is -0.671. The molecule has 0 aromatic heterocycles. The summed E-state index contributed by atoms with van der Waals surface area (Å²) in [4.78, 5) is 25.3. The molecule has 0 radical (unpaired) electrons. The van der Waals surface area contributed by atoms with Gasteiger partial charge in [-0.1, -0.05) is 0 Å². The zero-order valence-electron chi connectivity index (χ0n) is 11.7. The number of hydrogen-bond donors (Lipinski definition) is 2. The average Bonchev–Trinajstić information content (AvgIpc) is 2.88. The smallest absolute Gasteiger partial charge is 0.235 e. The molecule has 0 aromatic rings. The molecule has 1 atom stereocenters. The number of nitrogens with two attached hydrogens (primary N) is 1. The Morgan fingerprint density at radius 3 is 2.65 bits per heavy atom. The molecule has 0 bridgehead atoms. The van der Waals surface area contributed by atoms with E-state index in [1.807, 2.05) is 4.90 Å². The molecule has 1 saturated carbocycles. The number of carbonyl (C=O) groups is 2. The Bertz CT molecular complexity index is 423. The van der Waals surface area contributed by atoms with E-state index in [0.29, 0.717) is 6.54 Å². The molecule has 1 aliphatic carbocycles. The number of nitrogens with one attached hydrogen (secondary N) is 1. The maximum absolute atomic E-state index is 12.1. The summed E-state index contributed by atoms with van der Waals surface area (Å²) >= 11 is 0. The molecule has 3 N–H and O–H groups in total. The summed E-state index contributed by atoms with van der Waals surface area (Å²) in [5.74, 6) is -0.578. The summed E-state index contributed by atoms with van der Waals surface area (Å²) in [7, 11) is 0. The standard InChI is InChI=1S/C14H22N4O2/c15-10-14(5-1-2-6-14)17-12(19)9-18-7-3-4-11(8-18)13(16)20/h11H,1-9H2,(H2,16,20)(H,17,19)/t11-/m1/s1. The second-order valence-corrected chi connectivity index (χ2v) is 5.93.